The molecule has 3 saturated heterocycles. The van der Waals surface area contributed by atoms with E-state index in [0.717, 1.165) is 25.0 Å². The van der Waals surface area contributed by atoms with Gasteiger partial charge in [-0.25, -0.2) is 9.59 Å². The number of carbonyl (C=O) groups excluding carboxylic acids is 4. The number of rotatable bonds is 16. The number of hydrogen-bond donors (Lipinski definition) is 6. The van der Waals surface area contributed by atoms with Crippen LogP contribution in [0.3, 0.4) is 0 Å². The predicted molar refractivity (Wildman–Crippen MR) is 137 cm³/mol. The number of carbonyl (C=O) groups is 5. The summed E-state index contributed by atoms with van der Waals surface area (Å²) in [7, 11) is 0. The van der Waals surface area contributed by atoms with Gasteiger partial charge in [-0.15, -0.1) is 0 Å². The van der Waals surface area contributed by atoms with Crippen LogP contribution < -0.4 is 26.6 Å². The molecule has 6 N–H and O–H groups in total. The van der Waals surface area contributed by atoms with Crippen molar-refractivity contribution >= 4 is 41.5 Å². The van der Waals surface area contributed by atoms with Crippen LogP contribution in [0.5, 0.6) is 0 Å². The van der Waals surface area contributed by atoms with Gasteiger partial charge in [-0.2, -0.15) is 11.8 Å². The molecule has 12 nitrogen and oxygen atoms in total. The molecule has 1 unspecified atom stereocenters. The fourth-order valence-electron chi connectivity index (χ4n) is 4.63. The van der Waals surface area contributed by atoms with Gasteiger partial charge < -0.3 is 36.4 Å². The van der Waals surface area contributed by atoms with Crippen molar-refractivity contribution < 1.29 is 33.8 Å². The summed E-state index contributed by atoms with van der Waals surface area (Å²) in [5.41, 5.74) is 0. The number of urea groups is 1. The predicted octanol–water partition coefficient (Wildman–Crippen LogP) is 0.108. The number of unbranched alkanes of at least 4 members (excludes halogenated alkanes) is 2. The van der Waals surface area contributed by atoms with Crippen molar-refractivity contribution in [3.8, 4) is 0 Å². The second kappa shape index (κ2) is 13.8. The zero-order chi connectivity index (χ0) is 26.9. The van der Waals surface area contributed by atoms with Crippen molar-refractivity contribution in [1.29, 1.82) is 0 Å². The van der Waals surface area contributed by atoms with E-state index >= 15 is 0 Å². The molecule has 13 heteroatoms. The third kappa shape index (κ3) is 9.06. The summed E-state index contributed by atoms with van der Waals surface area (Å²) in [4.78, 5) is 59.1. The van der Waals surface area contributed by atoms with Crippen molar-refractivity contribution in [3.05, 3.63) is 0 Å². The molecular formula is C24H39N5O7S. The number of nitrogens with one attached hydrogen (secondary N) is 5. The molecule has 6 atom stereocenters. The Morgan fingerprint density at radius 2 is 1.78 bits per heavy atom. The highest BCUT2D eigenvalue weighted by Crippen LogP contribution is 2.33. The first kappa shape index (κ1) is 29.0. The zero-order valence-corrected chi connectivity index (χ0v) is 22.2. The number of aliphatic carboxylic acids is 1. The first-order valence-corrected chi connectivity index (χ1v) is 14.1. The Bertz CT molecular complexity index is 857. The number of amides is 5. The lowest BCUT2D eigenvalue weighted by Crippen LogP contribution is -2.49. The van der Waals surface area contributed by atoms with E-state index in [4.69, 9.17) is 9.84 Å². The highest BCUT2D eigenvalue weighted by molar-refractivity contribution is 8.00. The maximum atomic E-state index is 12.6. The maximum absolute atomic E-state index is 12.6. The molecule has 5 amide bonds. The third-order valence-electron chi connectivity index (χ3n) is 6.64. The van der Waals surface area contributed by atoms with Gasteiger partial charge in [0, 0.05) is 30.5 Å². The van der Waals surface area contributed by atoms with E-state index in [2.05, 4.69) is 26.6 Å². The van der Waals surface area contributed by atoms with Crippen LogP contribution in [0.1, 0.15) is 58.8 Å². The lowest BCUT2D eigenvalue weighted by molar-refractivity contribution is -0.138. The van der Waals surface area contributed by atoms with E-state index in [1.807, 2.05) is 25.6 Å². The summed E-state index contributed by atoms with van der Waals surface area (Å²) in [5, 5.41) is 23.5. The number of carboxylic acid groups (broad SMARTS) is 1. The van der Waals surface area contributed by atoms with Gasteiger partial charge in [0.25, 0.3) is 5.91 Å². The van der Waals surface area contributed by atoms with Crippen LogP contribution in [-0.4, -0.2) is 89.3 Å². The smallest absolute Gasteiger partial charge is 0.336 e. The minimum absolute atomic E-state index is 0.0125. The normalized spacial score (nSPS) is 26.6. The van der Waals surface area contributed by atoms with Crippen molar-refractivity contribution in [1.82, 2.24) is 26.6 Å². The van der Waals surface area contributed by atoms with E-state index in [9.17, 15) is 24.0 Å². The maximum Gasteiger partial charge on any atom is 0.336 e. The molecule has 3 heterocycles. The Hall–Kier alpha value is -2.54. The van der Waals surface area contributed by atoms with E-state index in [1.54, 1.807) is 0 Å². The van der Waals surface area contributed by atoms with Gasteiger partial charge in [-0.05, 0) is 38.0 Å². The van der Waals surface area contributed by atoms with Gasteiger partial charge in [-0.1, -0.05) is 20.3 Å². The summed E-state index contributed by atoms with van der Waals surface area (Å²) < 4.78 is 4.85. The van der Waals surface area contributed by atoms with Crippen LogP contribution in [0.25, 0.3) is 0 Å². The molecule has 0 radical (unpaired) electrons. The highest BCUT2D eigenvalue weighted by atomic mass is 32.2. The van der Waals surface area contributed by atoms with Crippen molar-refractivity contribution in [3.63, 3.8) is 0 Å². The second-order valence-corrected chi connectivity index (χ2v) is 11.5. The van der Waals surface area contributed by atoms with Crippen LogP contribution in [-0.2, 0) is 23.9 Å². The molecule has 0 aromatic heterocycles. The van der Waals surface area contributed by atoms with E-state index in [-0.39, 0.29) is 35.8 Å². The highest BCUT2D eigenvalue weighted by Gasteiger charge is 2.51. The molecule has 3 fully saturated rings. The Morgan fingerprint density at radius 1 is 1.05 bits per heavy atom. The first-order chi connectivity index (χ1) is 17.7. The Morgan fingerprint density at radius 3 is 2.46 bits per heavy atom. The quantitative estimate of drug-likeness (QED) is 0.0905. The zero-order valence-electron chi connectivity index (χ0n) is 21.4. The van der Waals surface area contributed by atoms with Crippen LogP contribution >= 0.6 is 11.8 Å². The fraction of sp³-hybridized carbons (Fsp3) is 0.792. The molecule has 0 spiro atoms. The molecule has 0 aromatic rings. The molecule has 3 rings (SSSR count). The van der Waals surface area contributed by atoms with Crippen LogP contribution in [0.4, 0.5) is 4.79 Å². The van der Waals surface area contributed by atoms with E-state index in [1.165, 1.54) is 0 Å². The van der Waals surface area contributed by atoms with Crippen molar-refractivity contribution in [2.45, 2.75) is 94.4 Å². The lowest BCUT2D eigenvalue weighted by Gasteiger charge is -2.20. The summed E-state index contributed by atoms with van der Waals surface area (Å²) in [5.74, 6) is -1.02. The molecule has 0 aliphatic carbocycles. The first-order valence-electron chi connectivity index (χ1n) is 13.1. The third-order valence-corrected chi connectivity index (χ3v) is 8.15. The second-order valence-electron chi connectivity index (χ2n) is 10.2. The lowest BCUT2D eigenvalue weighted by atomic mass is 10.0. The van der Waals surface area contributed by atoms with Gasteiger partial charge in [0.1, 0.15) is 6.04 Å². The molecule has 208 valence electrons. The number of carboxylic acids is 1. The molecular weight excluding hydrogens is 502 g/mol. The molecule has 3 aliphatic rings. The largest absolute Gasteiger partial charge is 0.479 e. The summed E-state index contributed by atoms with van der Waals surface area (Å²) >= 11 is 1.88. The minimum atomic E-state index is -1.20. The SMILES string of the molecule is CC(C)CC(NC(=O)[C@H]1O[C@@H]1C(=O)O)C(=O)NCCCCNC(=O)CCCC[C@@H]1SC[C@@H]2NC(=O)N[C@@H]21. The Kier molecular flexibility index (Phi) is 10.9. The molecule has 0 aromatic carbocycles. The molecule has 0 saturated carbocycles. The number of thioether (sulfide) groups is 1. The average Bonchev–Trinajstić information content (AvgIpc) is 3.45. The Balaban J connectivity index is 1.21. The van der Waals surface area contributed by atoms with Gasteiger partial charge in [0.2, 0.25) is 11.8 Å². The summed E-state index contributed by atoms with van der Waals surface area (Å²) in [6.07, 6.45) is 2.79. The van der Waals surface area contributed by atoms with Gasteiger partial charge >= 0.3 is 12.0 Å². The van der Waals surface area contributed by atoms with Crippen LogP contribution in [0.15, 0.2) is 0 Å². The number of fused-ring (bicyclic) bond motifs is 1. The number of ether oxygens (including phenoxy) is 1. The van der Waals surface area contributed by atoms with Gasteiger partial charge in [-0.3, -0.25) is 14.4 Å². The minimum Gasteiger partial charge on any atom is -0.479 e. The van der Waals surface area contributed by atoms with Gasteiger partial charge in [0.15, 0.2) is 12.2 Å². The number of hydrogen-bond acceptors (Lipinski definition) is 7. The van der Waals surface area contributed by atoms with E-state index < -0.39 is 30.1 Å². The van der Waals surface area contributed by atoms with Gasteiger partial charge in [0.05, 0.1) is 12.1 Å². The van der Waals surface area contributed by atoms with Crippen molar-refractivity contribution in [2.24, 2.45) is 5.92 Å². The van der Waals surface area contributed by atoms with Crippen LogP contribution in [0.2, 0.25) is 0 Å². The standard InChI is InChI=1S/C24H39N5O7S/c1-13(2)11-14(27-22(32)19-20(36-19)23(33)34)21(31)26-10-6-5-9-25-17(30)8-4-3-7-16-18-15(12-37-16)28-24(35)29-18/h13-16,18-20H,3-12H2,1-2H3,(H,25,30)(H,26,31)(H,27,32)(H,33,34)(H2,28,29,35)/t14?,15-,16-,18-,19-,20-/m0/s1. The number of epoxide rings is 1. The van der Waals surface area contributed by atoms with E-state index in [0.29, 0.717) is 44.0 Å². The van der Waals surface area contributed by atoms with Crippen molar-refractivity contribution in [2.75, 3.05) is 18.8 Å². The fourth-order valence-corrected chi connectivity index (χ4v) is 6.18. The van der Waals surface area contributed by atoms with Crippen LogP contribution in [0, 0.1) is 5.92 Å². The monoisotopic (exact) mass is 541 g/mol. The molecule has 3 aliphatic heterocycles. The molecule has 0 bridgehead atoms. The average molecular weight is 542 g/mol. The summed E-state index contributed by atoms with van der Waals surface area (Å²) in [6, 6.07) is -0.430. The summed E-state index contributed by atoms with van der Waals surface area (Å²) in [6.45, 7) is 4.79. The topological polar surface area (TPSA) is 178 Å². The Labute approximate surface area is 221 Å². The molecule has 37 heavy (non-hydrogen) atoms.